The summed E-state index contributed by atoms with van der Waals surface area (Å²) in [4.78, 5) is 14.6. The molecule has 6 nitrogen and oxygen atoms in total. The van der Waals surface area contributed by atoms with E-state index in [0.29, 0.717) is 16.8 Å². The van der Waals surface area contributed by atoms with Crippen molar-refractivity contribution in [3.8, 4) is 0 Å². The lowest BCUT2D eigenvalue weighted by Crippen LogP contribution is -2.37. The second kappa shape index (κ2) is 5.56. The lowest BCUT2D eigenvalue weighted by molar-refractivity contribution is -0.116. The molecule has 1 aliphatic carbocycles. The van der Waals surface area contributed by atoms with E-state index in [0.717, 1.165) is 30.8 Å². The topological polar surface area (TPSA) is 77.0 Å². The number of nitrogen functional groups attached to an aromatic ring is 1. The van der Waals surface area contributed by atoms with Crippen molar-refractivity contribution in [2.24, 2.45) is 0 Å². The lowest BCUT2D eigenvalue weighted by Gasteiger charge is -2.22. The summed E-state index contributed by atoms with van der Waals surface area (Å²) < 4.78 is 1.54. The molecule has 1 aromatic carbocycles. The van der Waals surface area contributed by atoms with Crippen LogP contribution in [0.4, 0.5) is 5.69 Å². The molecule has 1 saturated carbocycles. The van der Waals surface area contributed by atoms with E-state index in [4.69, 9.17) is 5.84 Å². The number of rotatable bonds is 4. The Labute approximate surface area is 139 Å². The smallest absolute Gasteiger partial charge is 0.237 e. The minimum absolute atomic E-state index is 0.0865. The highest BCUT2D eigenvalue weighted by Gasteiger charge is 2.32. The molecule has 1 amide bonds. The number of carbonyl (C=O) groups is 1. The maximum absolute atomic E-state index is 12.7. The Morgan fingerprint density at radius 2 is 2.13 bits per heavy atom. The number of fused-ring (bicyclic) bond motifs is 1. The summed E-state index contributed by atoms with van der Waals surface area (Å²) in [6.45, 7) is 2.08. The molecule has 1 aliphatic heterocycles. The van der Waals surface area contributed by atoms with Gasteiger partial charge in [-0.05, 0) is 37.8 Å². The average molecular weight is 329 g/mol. The van der Waals surface area contributed by atoms with Crippen LogP contribution < -0.4 is 10.7 Å². The van der Waals surface area contributed by atoms with Crippen molar-refractivity contribution in [1.82, 2.24) is 14.9 Å². The second-order valence-corrected chi connectivity index (χ2v) is 7.16. The molecule has 1 aromatic heterocycles. The van der Waals surface area contributed by atoms with Gasteiger partial charge >= 0.3 is 0 Å². The van der Waals surface area contributed by atoms with Crippen LogP contribution in [0.3, 0.4) is 0 Å². The van der Waals surface area contributed by atoms with E-state index < -0.39 is 0 Å². The maximum atomic E-state index is 12.7. The summed E-state index contributed by atoms with van der Waals surface area (Å²) in [5, 5.41) is 8.88. The molecule has 0 bridgehead atoms. The standard InChI is InChI=1S/C16H19N5OS/c1-10-8-12-4-2-3-5-13(12)20(10)14(22)9-23-16-19-18-15(21(16)17)11-6-7-11/h2-5,10-11H,6-9,17H2,1H3/t10-/m0/s1. The van der Waals surface area contributed by atoms with Crippen molar-refractivity contribution >= 4 is 23.4 Å². The van der Waals surface area contributed by atoms with Crippen molar-refractivity contribution in [2.45, 2.75) is 43.3 Å². The molecule has 2 heterocycles. The number of hydrogen-bond donors (Lipinski definition) is 1. The molecule has 0 radical (unpaired) electrons. The molecule has 0 unspecified atom stereocenters. The Balaban J connectivity index is 1.46. The third-order valence-corrected chi connectivity index (χ3v) is 5.36. The zero-order valence-corrected chi connectivity index (χ0v) is 13.8. The predicted octanol–water partition coefficient (Wildman–Crippen LogP) is 1.94. The van der Waals surface area contributed by atoms with Crippen LogP contribution in [0.5, 0.6) is 0 Å². The van der Waals surface area contributed by atoms with Crippen LogP contribution in [0.15, 0.2) is 29.4 Å². The fraction of sp³-hybridized carbons (Fsp3) is 0.438. The summed E-state index contributed by atoms with van der Waals surface area (Å²) in [5.41, 5.74) is 2.26. The molecule has 7 heteroatoms. The fourth-order valence-corrected chi connectivity index (χ4v) is 3.87. The minimum Gasteiger partial charge on any atom is -0.336 e. The van der Waals surface area contributed by atoms with Crippen LogP contribution in [0.1, 0.15) is 37.1 Å². The molecule has 23 heavy (non-hydrogen) atoms. The van der Waals surface area contributed by atoms with E-state index in [9.17, 15) is 4.79 Å². The largest absolute Gasteiger partial charge is 0.336 e. The Bertz CT molecular complexity index is 755. The molecule has 1 atom stereocenters. The third-order valence-electron chi connectivity index (χ3n) is 4.43. The van der Waals surface area contributed by atoms with Gasteiger partial charge in [-0.15, -0.1) is 10.2 Å². The highest BCUT2D eigenvalue weighted by atomic mass is 32.2. The van der Waals surface area contributed by atoms with Gasteiger partial charge in [-0.3, -0.25) is 4.79 Å². The van der Waals surface area contributed by atoms with Crippen LogP contribution in [-0.2, 0) is 11.2 Å². The summed E-state index contributed by atoms with van der Waals surface area (Å²) in [7, 11) is 0. The van der Waals surface area contributed by atoms with E-state index in [1.807, 2.05) is 23.1 Å². The van der Waals surface area contributed by atoms with Gasteiger partial charge in [-0.25, -0.2) is 4.68 Å². The monoisotopic (exact) mass is 329 g/mol. The summed E-state index contributed by atoms with van der Waals surface area (Å²) in [6.07, 6.45) is 3.16. The minimum atomic E-state index is 0.0865. The summed E-state index contributed by atoms with van der Waals surface area (Å²) >= 11 is 1.36. The zero-order valence-electron chi connectivity index (χ0n) is 13.0. The van der Waals surface area contributed by atoms with Gasteiger partial charge in [0.2, 0.25) is 11.1 Å². The molecule has 120 valence electrons. The van der Waals surface area contributed by atoms with E-state index in [-0.39, 0.29) is 11.9 Å². The van der Waals surface area contributed by atoms with Crippen molar-refractivity contribution in [3.05, 3.63) is 35.7 Å². The Morgan fingerprint density at radius 3 is 2.91 bits per heavy atom. The number of nitrogens with zero attached hydrogens (tertiary/aromatic N) is 4. The first-order valence-electron chi connectivity index (χ1n) is 7.88. The SMILES string of the molecule is C[C@H]1Cc2ccccc2N1C(=O)CSc1nnc(C2CC2)n1N. The normalized spacial score (nSPS) is 19.9. The van der Waals surface area contributed by atoms with Gasteiger partial charge in [-0.1, -0.05) is 30.0 Å². The van der Waals surface area contributed by atoms with Crippen molar-refractivity contribution in [1.29, 1.82) is 0 Å². The highest BCUT2D eigenvalue weighted by molar-refractivity contribution is 7.99. The third kappa shape index (κ3) is 2.59. The first kappa shape index (κ1) is 14.6. The molecule has 1 fully saturated rings. The summed E-state index contributed by atoms with van der Waals surface area (Å²) in [5.74, 6) is 7.72. The number of para-hydroxylation sites is 1. The number of benzene rings is 1. The Kier molecular flexibility index (Phi) is 3.52. The first-order valence-corrected chi connectivity index (χ1v) is 8.87. The predicted molar refractivity (Wildman–Crippen MR) is 90.0 cm³/mol. The number of thioether (sulfide) groups is 1. The number of amides is 1. The van der Waals surface area contributed by atoms with E-state index in [1.54, 1.807) is 0 Å². The van der Waals surface area contributed by atoms with Crippen LogP contribution in [0.2, 0.25) is 0 Å². The van der Waals surface area contributed by atoms with Crippen molar-refractivity contribution in [3.63, 3.8) is 0 Å². The average Bonchev–Trinajstić information content (AvgIpc) is 3.23. The highest BCUT2D eigenvalue weighted by Crippen LogP contribution is 2.39. The van der Waals surface area contributed by atoms with Crippen LogP contribution in [0, 0.1) is 0 Å². The van der Waals surface area contributed by atoms with Gasteiger partial charge in [0, 0.05) is 17.6 Å². The molecule has 0 saturated heterocycles. The summed E-state index contributed by atoms with van der Waals surface area (Å²) in [6, 6.07) is 8.29. The lowest BCUT2D eigenvalue weighted by atomic mass is 10.1. The molecular weight excluding hydrogens is 310 g/mol. The quantitative estimate of drug-likeness (QED) is 0.685. The molecule has 0 spiro atoms. The van der Waals surface area contributed by atoms with Gasteiger partial charge in [0.05, 0.1) is 5.75 Å². The van der Waals surface area contributed by atoms with Gasteiger partial charge in [0.1, 0.15) is 0 Å². The zero-order chi connectivity index (χ0) is 16.0. The van der Waals surface area contributed by atoms with Gasteiger partial charge in [-0.2, -0.15) is 0 Å². The molecular formula is C16H19N5OS. The maximum Gasteiger partial charge on any atom is 0.237 e. The van der Waals surface area contributed by atoms with E-state index in [1.165, 1.54) is 22.0 Å². The number of hydrogen-bond acceptors (Lipinski definition) is 5. The van der Waals surface area contributed by atoms with Crippen molar-refractivity contribution in [2.75, 3.05) is 16.5 Å². The van der Waals surface area contributed by atoms with Gasteiger partial charge in [0.25, 0.3) is 0 Å². The van der Waals surface area contributed by atoms with Gasteiger partial charge in [0.15, 0.2) is 5.82 Å². The number of nitrogens with two attached hydrogens (primary N) is 1. The molecule has 2 aromatic rings. The second-order valence-electron chi connectivity index (χ2n) is 6.22. The van der Waals surface area contributed by atoms with E-state index >= 15 is 0 Å². The van der Waals surface area contributed by atoms with Gasteiger partial charge < -0.3 is 10.7 Å². The van der Waals surface area contributed by atoms with E-state index in [2.05, 4.69) is 23.2 Å². The molecule has 4 rings (SSSR count). The number of aromatic nitrogens is 3. The van der Waals surface area contributed by atoms with Crippen LogP contribution >= 0.6 is 11.8 Å². The Morgan fingerprint density at radius 1 is 1.35 bits per heavy atom. The fourth-order valence-electron chi connectivity index (χ4n) is 3.15. The Hall–Kier alpha value is -2.02. The van der Waals surface area contributed by atoms with Crippen LogP contribution in [-0.4, -0.2) is 32.6 Å². The molecule has 2 N–H and O–H groups in total. The van der Waals surface area contributed by atoms with Crippen molar-refractivity contribution < 1.29 is 4.79 Å². The van der Waals surface area contributed by atoms with Crippen LogP contribution in [0.25, 0.3) is 0 Å². The number of anilines is 1. The first-order chi connectivity index (χ1) is 11.1. The molecule has 2 aliphatic rings. The number of carbonyl (C=O) groups excluding carboxylic acids is 1.